The molecule has 0 bridgehead atoms. The van der Waals surface area contributed by atoms with Crippen molar-refractivity contribution in [1.82, 2.24) is 15.6 Å². The molecule has 1 atom stereocenters. The van der Waals surface area contributed by atoms with Crippen LogP contribution >= 0.6 is 11.3 Å². The Morgan fingerprint density at radius 2 is 2.00 bits per heavy atom. The Hall–Kier alpha value is -2.25. The van der Waals surface area contributed by atoms with Crippen LogP contribution in [0.2, 0.25) is 0 Å². The molecule has 148 valence electrons. The van der Waals surface area contributed by atoms with Gasteiger partial charge in [-0.2, -0.15) is 0 Å². The zero-order chi connectivity index (χ0) is 19.6. The zero-order valence-corrected chi connectivity index (χ0v) is 16.9. The predicted molar refractivity (Wildman–Crippen MR) is 111 cm³/mol. The number of hydrogen-bond donors (Lipinski definition) is 3. The second kappa shape index (κ2) is 8.01. The largest absolute Gasteiger partial charge is 0.356 e. The number of anilines is 1. The molecule has 7 heteroatoms. The van der Waals surface area contributed by atoms with Gasteiger partial charge in [-0.1, -0.05) is 24.3 Å². The van der Waals surface area contributed by atoms with E-state index < -0.39 is 0 Å². The zero-order valence-electron chi connectivity index (χ0n) is 16.1. The van der Waals surface area contributed by atoms with E-state index in [0.29, 0.717) is 11.7 Å². The van der Waals surface area contributed by atoms with E-state index in [4.69, 9.17) is 0 Å². The molecule has 1 aromatic carbocycles. The van der Waals surface area contributed by atoms with E-state index in [1.807, 2.05) is 17.5 Å². The molecule has 28 heavy (non-hydrogen) atoms. The number of piperidine rings is 1. The standard InChI is InChI=1S/C21H26N4O2S/c1-14(26)23-9-6-15-2-4-16(5-3-15)18-13-28-20(24-18)25-19(27)17-12-21(17)7-10-22-11-8-21/h2-5,13,17,22H,6-12H2,1H3,(H,23,26)(H,24,25,27). The van der Waals surface area contributed by atoms with Crippen LogP contribution in [0.5, 0.6) is 0 Å². The molecule has 6 nitrogen and oxygen atoms in total. The van der Waals surface area contributed by atoms with Gasteiger partial charge < -0.3 is 16.0 Å². The summed E-state index contributed by atoms with van der Waals surface area (Å²) in [7, 11) is 0. The highest BCUT2D eigenvalue weighted by atomic mass is 32.1. The van der Waals surface area contributed by atoms with Crippen molar-refractivity contribution in [2.45, 2.75) is 32.6 Å². The molecule has 4 rings (SSSR count). The smallest absolute Gasteiger partial charge is 0.229 e. The topological polar surface area (TPSA) is 83.1 Å². The molecule has 1 spiro atoms. The monoisotopic (exact) mass is 398 g/mol. The molecule has 0 radical (unpaired) electrons. The van der Waals surface area contributed by atoms with Crippen LogP contribution in [0.1, 0.15) is 31.7 Å². The minimum atomic E-state index is -0.00839. The SMILES string of the molecule is CC(=O)NCCc1ccc(-c2csc(NC(=O)C3CC34CCNCC4)n2)cc1. The highest BCUT2D eigenvalue weighted by Crippen LogP contribution is 2.58. The molecule has 2 fully saturated rings. The van der Waals surface area contributed by atoms with Crippen LogP contribution in [0.15, 0.2) is 29.6 Å². The molecule has 1 aromatic heterocycles. The molecule has 2 aliphatic rings. The first-order chi connectivity index (χ1) is 13.6. The number of aromatic nitrogens is 1. The molecule has 3 N–H and O–H groups in total. The summed E-state index contributed by atoms with van der Waals surface area (Å²) >= 11 is 1.47. The normalized spacial score (nSPS) is 20.0. The first kappa shape index (κ1) is 19.1. The first-order valence-corrected chi connectivity index (χ1v) is 10.7. The van der Waals surface area contributed by atoms with Crippen molar-refractivity contribution in [3.05, 3.63) is 35.2 Å². The summed E-state index contributed by atoms with van der Waals surface area (Å²) in [5.74, 6) is 0.256. The fourth-order valence-corrected chi connectivity index (χ4v) is 4.80. The van der Waals surface area contributed by atoms with Crippen molar-refractivity contribution in [3.63, 3.8) is 0 Å². The van der Waals surface area contributed by atoms with E-state index in [0.717, 1.165) is 50.0 Å². The van der Waals surface area contributed by atoms with E-state index in [-0.39, 0.29) is 23.1 Å². The predicted octanol–water partition coefficient (Wildman–Crippen LogP) is 2.82. The minimum absolute atomic E-state index is 0.00839. The summed E-state index contributed by atoms with van der Waals surface area (Å²) in [5.41, 5.74) is 3.31. The van der Waals surface area contributed by atoms with E-state index in [2.05, 4.69) is 33.1 Å². The van der Waals surface area contributed by atoms with Crippen LogP contribution in [-0.4, -0.2) is 36.4 Å². The third kappa shape index (κ3) is 4.25. The Balaban J connectivity index is 1.33. The number of amides is 2. The molecule has 1 aliphatic heterocycles. The summed E-state index contributed by atoms with van der Waals surface area (Å²) in [6.07, 6.45) is 4.01. The maximum atomic E-state index is 12.6. The number of nitrogens with zero attached hydrogens (tertiary/aromatic N) is 1. The van der Waals surface area contributed by atoms with Crippen LogP contribution in [-0.2, 0) is 16.0 Å². The number of carbonyl (C=O) groups excluding carboxylic acids is 2. The second-order valence-electron chi connectivity index (χ2n) is 7.83. The van der Waals surface area contributed by atoms with Crippen LogP contribution in [0.25, 0.3) is 11.3 Å². The fraction of sp³-hybridized carbons (Fsp3) is 0.476. The van der Waals surface area contributed by atoms with Gasteiger partial charge in [0.05, 0.1) is 5.69 Å². The highest BCUT2D eigenvalue weighted by Gasteiger charge is 2.57. The lowest BCUT2D eigenvalue weighted by atomic mass is 9.92. The van der Waals surface area contributed by atoms with Gasteiger partial charge >= 0.3 is 0 Å². The van der Waals surface area contributed by atoms with Crippen molar-refractivity contribution < 1.29 is 9.59 Å². The van der Waals surface area contributed by atoms with Gasteiger partial charge in [-0.15, -0.1) is 11.3 Å². The summed E-state index contributed by atoms with van der Waals surface area (Å²) in [5, 5.41) is 11.9. The third-order valence-electron chi connectivity index (χ3n) is 5.88. The van der Waals surface area contributed by atoms with Gasteiger partial charge in [-0.05, 0) is 49.8 Å². The maximum absolute atomic E-state index is 12.6. The van der Waals surface area contributed by atoms with Crippen molar-refractivity contribution in [2.75, 3.05) is 25.0 Å². The average molecular weight is 399 g/mol. The van der Waals surface area contributed by atoms with E-state index in [1.165, 1.54) is 23.8 Å². The third-order valence-corrected chi connectivity index (χ3v) is 6.63. The molecule has 2 heterocycles. The molecular weight excluding hydrogens is 372 g/mol. The Kier molecular flexibility index (Phi) is 5.46. The summed E-state index contributed by atoms with van der Waals surface area (Å²) < 4.78 is 0. The molecule has 1 unspecified atom stereocenters. The van der Waals surface area contributed by atoms with Crippen molar-refractivity contribution >= 4 is 28.3 Å². The summed E-state index contributed by atoms with van der Waals surface area (Å²) in [6.45, 7) is 4.20. The molecule has 1 saturated heterocycles. The quantitative estimate of drug-likeness (QED) is 0.699. The Morgan fingerprint density at radius 1 is 1.25 bits per heavy atom. The van der Waals surface area contributed by atoms with Crippen LogP contribution in [0, 0.1) is 11.3 Å². The van der Waals surface area contributed by atoms with Gasteiger partial charge in [0.15, 0.2) is 5.13 Å². The number of thiazole rings is 1. The van der Waals surface area contributed by atoms with Crippen molar-refractivity contribution in [1.29, 1.82) is 0 Å². The van der Waals surface area contributed by atoms with Gasteiger partial charge in [0.2, 0.25) is 11.8 Å². The van der Waals surface area contributed by atoms with Gasteiger partial charge in [0, 0.05) is 30.3 Å². The molecule has 2 amide bonds. The van der Waals surface area contributed by atoms with Crippen LogP contribution in [0.4, 0.5) is 5.13 Å². The number of nitrogens with one attached hydrogen (secondary N) is 3. The minimum Gasteiger partial charge on any atom is -0.356 e. The molecule has 2 aromatic rings. The summed E-state index contributed by atoms with van der Waals surface area (Å²) in [4.78, 5) is 28.1. The van der Waals surface area contributed by atoms with Gasteiger partial charge in [0.25, 0.3) is 0 Å². The van der Waals surface area contributed by atoms with Crippen LogP contribution in [0.3, 0.4) is 0 Å². The van der Waals surface area contributed by atoms with Gasteiger partial charge in [-0.3, -0.25) is 9.59 Å². The average Bonchev–Trinajstić information content (AvgIpc) is 3.17. The number of carbonyl (C=O) groups is 2. The number of benzene rings is 1. The fourth-order valence-electron chi connectivity index (χ4n) is 4.08. The molecular formula is C21H26N4O2S. The van der Waals surface area contributed by atoms with Gasteiger partial charge in [-0.25, -0.2) is 4.98 Å². The Morgan fingerprint density at radius 3 is 2.71 bits per heavy atom. The van der Waals surface area contributed by atoms with Crippen molar-refractivity contribution in [3.8, 4) is 11.3 Å². The van der Waals surface area contributed by atoms with E-state index in [1.54, 1.807) is 0 Å². The Labute approximate surface area is 169 Å². The highest BCUT2D eigenvalue weighted by molar-refractivity contribution is 7.14. The maximum Gasteiger partial charge on any atom is 0.229 e. The lowest BCUT2D eigenvalue weighted by molar-refractivity contribution is -0.119. The molecule has 1 saturated carbocycles. The van der Waals surface area contributed by atoms with Gasteiger partial charge in [0.1, 0.15) is 0 Å². The first-order valence-electron chi connectivity index (χ1n) is 9.87. The van der Waals surface area contributed by atoms with Crippen LogP contribution < -0.4 is 16.0 Å². The number of hydrogen-bond acceptors (Lipinski definition) is 5. The second-order valence-corrected chi connectivity index (χ2v) is 8.68. The lowest BCUT2D eigenvalue weighted by Gasteiger charge is -2.22. The Bertz CT molecular complexity index is 856. The molecule has 1 aliphatic carbocycles. The summed E-state index contributed by atoms with van der Waals surface area (Å²) in [6, 6.07) is 8.18. The van der Waals surface area contributed by atoms with E-state index >= 15 is 0 Å². The lowest BCUT2D eigenvalue weighted by Crippen LogP contribution is -2.31. The number of rotatable bonds is 6. The van der Waals surface area contributed by atoms with E-state index in [9.17, 15) is 9.59 Å². The van der Waals surface area contributed by atoms with Crippen molar-refractivity contribution in [2.24, 2.45) is 11.3 Å².